The number of hydrogen-bond donors (Lipinski definition) is 2. The molecule has 0 amide bonds. The lowest BCUT2D eigenvalue weighted by Crippen LogP contribution is -2.26. The highest BCUT2D eigenvalue weighted by Crippen LogP contribution is 2.30. The Morgan fingerprint density at radius 2 is 2.21 bits per heavy atom. The molecule has 0 unspecified atom stereocenters. The molecule has 14 heavy (non-hydrogen) atoms. The molecular formula is C11H14FNO. The lowest BCUT2D eigenvalue weighted by Gasteiger charge is -2.24. The standard InChI is InChI=1S/C11H14FNO/c12-8-4-5-11(14)9(7-8)10-3-1-2-6-13-10/h4-5,7,10,13-14H,1-3,6H2/t10-/m1/s1. The summed E-state index contributed by atoms with van der Waals surface area (Å²) >= 11 is 0. The first-order valence-electron chi connectivity index (χ1n) is 4.99. The Balaban J connectivity index is 2.24. The van der Waals surface area contributed by atoms with E-state index in [1.54, 1.807) is 0 Å². The number of aromatic hydroxyl groups is 1. The molecule has 1 atom stereocenters. The van der Waals surface area contributed by atoms with Crippen molar-refractivity contribution in [3.63, 3.8) is 0 Å². The van der Waals surface area contributed by atoms with Crippen molar-refractivity contribution < 1.29 is 9.50 Å². The molecule has 0 bridgehead atoms. The van der Waals surface area contributed by atoms with Crippen molar-refractivity contribution in [2.24, 2.45) is 0 Å². The molecule has 1 aromatic carbocycles. The third-order valence-corrected chi connectivity index (χ3v) is 2.68. The topological polar surface area (TPSA) is 32.3 Å². The molecule has 0 saturated carbocycles. The number of phenols is 1. The number of hydrogen-bond acceptors (Lipinski definition) is 2. The van der Waals surface area contributed by atoms with E-state index in [0.29, 0.717) is 5.56 Å². The number of benzene rings is 1. The third-order valence-electron chi connectivity index (χ3n) is 2.68. The van der Waals surface area contributed by atoms with Gasteiger partial charge < -0.3 is 10.4 Å². The summed E-state index contributed by atoms with van der Waals surface area (Å²) in [5, 5.41) is 12.9. The number of piperidine rings is 1. The number of phenolic OH excluding ortho intramolecular Hbond substituents is 1. The Labute approximate surface area is 82.8 Å². The molecular weight excluding hydrogens is 181 g/mol. The molecule has 0 aromatic heterocycles. The normalized spacial score (nSPS) is 22.2. The van der Waals surface area contributed by atoms with Crippen LogP contribution in [0.2, 0.25) is 0 Å². The van der Waals surface area contributed by atoms with Gasteiger partial charge in [-0.1, -0.05) is 6.42 Å². The second-order valence-corrected chi connectivity index (χ2v) is 3.71. The zero-order chi connectivity index (χ0) is 9.97. The molecule has 0 spiro atoms. The fourth-order valence-electron chi connectivity index (χ4n) is 1.92. The highest BCUT2D eigenvalue weighted by atomic mass is 19.1. The minimum atomic E-state index is -0.287. The van der Waals surface area contributed by atoms with E-state index in [9.17, 15) is 9.50 Å². The first kappa shape index (κ1) is 9.46. The van der Waals surface area contributed by atoms with Crippen molar-refractivity contribution >= 4 is 0 Å². The van der Waals surface area contributed by atoms with Crippen LogP contribution in [0.1, 0.15) is 30.9 Å². The van der Waals surface area contributed by atoms with Gasteiger partial charge in [0.15, 0.2) is 0 Å². The fourth-order valence-corrected chi connectivity index (χ4v) is 1.92. The Kier molecular flexibility index (Phi) is 2.68. The molecule has 1 heterocycles. The van der Waals surface area contributed by atoms with Crippen LogP contribution in [0.15, 0.2) is 18.2 Å². The Hall–Kier alpha value is -1.09. The van der Waals surface area contributed by atoms with Gasteiger partial charge in [0.05, 0.1) is 0 Å². The van der Waals surface area contributed by atoms with Gasteiger partial charge in [-0.25, -0.2) is 4.39 Å². The van der Waals surface area contributed by atoms with Crippen molar-refractivity contribution in [3.05, 3.63) is 29.6 Å². The average molecular weight is 195 g/mol. The fraction of sp³-hybridized carbons (Fsp3) is 0.455. The molecule has 1 fully saturated rings. The minimum absolute atomic E-state index is 0.111. The van der Waals surface area contributed by atoms with E-state index in [-0.39, 0.29) is 17.6 Å². The number of nitrogens with one attached hydrogen (secondary N) is 1. The van der Waals surface area contributed by atoms with Crippen LogP contribution in [-0.4, -0.2) is 11.7 Å². The van der Waals surface area contributed by atoms with Crippen LogP contribution in [0.25, 0.3) is 0 Å². The second-order valence-electron chi connectivity index (χ2n) is 3.71. The van der Waals surface area contributed by atoms with Gasteiger partial charge >= 0.3 is 0 Å². The molecule has 0 radical (unpaired) electrons. The van der Waals surface area contributed by atoms with Gasteiger partial charge in [-0.3, -0.25) is 0 Å². The number of halogens is 1. The lowest BCUT2D eigenvalue weighted by molar-refractivity contribution is 0.389. The summed E-state index contributed by atoms with van der Waals surface area (Å²) in [7, 11) is 0. The van der Waals surface area contributed by atoms with Gasteiger partial charge in [-0.15, -0.1) is 0 Å². The summed E-state index contributed by atoms with van der Waals surface area (Å²) in [6, 6.07) is 4.22. The maximum Gasteiger partial charge on any atom is 0.123 e. The maximum absolute atomic E-state index is 13.0. The zero-order valence-electron chi connectivity index (χ0n) is 7.96. The summed E-state index contributed by atoms with van der Waals surface area (Å²) in [5.41, 5.74) is 0.685. The van der Waals surface area contributed by atoms with Crippen molar-refractivity contribution in [2.75, 3.05) is 6.54 Å². The minimum Gasteiger partial charge on any atom is -0.508 e. The summed E-state index contributed by atoms with van der Waals surface area (Å²) in [4.78, 5) is 0. The van der Waals surface area contributed by atoms with Crippen LogP contribution in [0, 0.1) is 5.82 Å². The van der Waals surface area contributed by atoms with Crippen molar-refractivity contribution in [1.82, 2.24) is 5.32 Å². The predicted molar refractivity (Wildman–Crippen MR) is 52.7 cm³/mol. The van der Waals surface area contributed by atoms with E-state index >= 15 is 0 Å². The smallest absolute Gasteiger partial charge is 0.123 e. The second kappa shape index (κ2) is 3.96. The molecule has 1 saturated heterocycles. The van der Waals surface area contributed by atoms with E-state index in [1.165, 1.54) is 18.2 Å². The Morgan fingerprint density at radius 3 is 2.93 bits per heavy atom. The molecule has 1 aliphatic rings. The highest BCUT2D eigenvalue weighted by molar-refractivity contribution is 5.35. The van der Waals surface area contributed by atoms with Crippen LogP contribution in [0.5, 0.6) is 5.75 Å². The Bertz CT molecular complexity index is 321. The van der Waals surface area contributed by atoms with Gasteiger partial charge in [0.2, 0.25) is 0 Å². The summed E-state index contributed by atoms with van der Waals surface area (Å²) in [6.07, 6.45) is 3.26. The van der Waals surface area contributed by atoms with E-state index < -0.39 is 0 Å². The van der Waals surface area contributed by atoms with E-state index in [2.05, 4.69) is 5.32 Å². The highest BCUT2D eigenvalue weighted by Gasteiger charge is 2.18. The van der Waals surface area contributed by atoms with Gasteiger partial charge in [0.25, 0.3) is 0 Å². The van der Waals surface area contributed by atoms with Gasteiger partial charge in [0, 0.05) is 11.6 Å². The lowest BCUT2D eigenvalue weighted by atomic mass is 9.97. The number of rotatable bonds is 1. The predicted octanol–water partition coefficient (Wildman–Crippen LogP) is 2.35. The van der Waals surface area contributed by atoms with E-state index in [0.717, 1.165) is 25.8 Å². The molecule has 0 aliphatic carbocycles. The molecule has 3 heteroatoms. The van der Waals surface area contributed by atoms with Crippen LogP contribution < -0.4 is 5.32 Å². The molecule has 2 rings (SSSR count). The van der Waals surface area contributed by atoms with Gasteiger partial charge in [0.1, 0.15) is 11.6 Å². The van der Waals surface area contributed by atoms with E-state index in [1.807, 2.05) is 0 Å². The Morgan fingerprint density at radius 1 is 1.36 bits per heavy atom. The van der Waals surface area contributed by atoms with Crippen LogP contribution >= 0.6 is 0 Å². The quantitative estimate of drug-likeness (QED) is 0.721. The zero-order valence-corrected chi connectivity index (χ0v) is 7.96. The van der Waals surface area contributed by atoms with Crippen LogP contribution in [0.4, 0.5) is 4.39 Å². The first-order valence-corrected chi connectivity index (χ1v) is 4.99. The summed E-state index contributed by atoms with van der Waals surface area (Å²) in [6.45, 7) is 0.945. The summed E-state index contributed by atoms with van der Waals surface area (Å²) in [5.74, 6) is -0.101. The van der Waals surface area contributed by atoms with Crippen molar-refractivity contribution in [1.29, 1.82) is 0 Å². The third kappa shape index (κ3) is 1.87. The first-order chi connectivity index (χ1) is 6.77. The maximum atomic E-state index is 13.0. The molecule has 2 nitrogen and oxygen atoms in total. The van der Waals surface area contributed by atoms with E-state index in [4.69, 9.17) is 0 Å². The monoisotopic (exact) mass is 195 g/mol. The molecule has 76 valence electrons. The molecule has 1 aliphatic heterocycles. The molecule has 2 N–H and O–H groups in total. The summed E-state index contributed by atoms with van der Waals surface area (Å²) < 4.78 is 13.0. The SMILES string of the molecule is Oc1ccc(F)cc1[C@H]1CCCCN1. The van der Waals surface area contributed by atoms with Crippen molar-refractivity contribution in [3.8, 4) is 5.75 Å². The van der Waals surface area contributed by atoms with Gasteiger partial charge in [-0.05, 0) is 37.6 Å². The van der Waals surface area contributed by atoms with Crippen LogP contribution in [-0.2, 0) is 0 Å². The average Bonchev–Trinajstić information content (AvgIpc) is 2.23. The van der Waals surface area contributed by atoms with Crippen LogP contribution in [0.3, 0.4) is 0 Å². The largest absolute Gasteiger partial charge is 0.508 e. The van der Waals surface area contributed by atoms with Crippen molar-refractivity contribution in [2.45, 2.75) is 25.3 Å². The molecule has 1 aromatic rings. The van der Waals surface area contributed by atoms with Gasteiger partial charge in [-0.2, -0.15) is 0 Å².